The van der Waals surface area contributed by atoms with Crippen molar-refractivity contribution < 1.29 is 19.8 Å². The Labute approximate surface area is 87.4 Å². The molecule has 0 rings (SSSR count). The molecule has 0 saturated carbocycles. The van der Waals surface area contributed by atoms with E-state index in [1.807, 2.05) is 0 Å². The van der Waals surface area contributed by atoms with Gasteiger partial charge in [-0.15, -0.1) is 0 Å². The van der Waals surface area contributed by atoms with E-state index in [1.54, 1.807) is 0 Å². The van der Waals surface area contributed by atoms with Crippen LogP contribution >= 0.6 is 0 Å². The molecule has 0 aliphatic rings. The number of amides is 1. The van der Waals surface area contributed by atoms with Crippen LogP contribution in [0.5, 0.6) is 0 Å². The topological polar surface area (TPSA) is 139 Å². The number of carboxylic acids is 1. The lowest BCUT2D eigenvalue weighted by Gasteiger charge is -2.15. The molecule has 15 heavy (non-hydrogen) atoms. The van der Waals surface area contributed by atoms with Gasteiger partial charge in [-0.05, 0) is 19.4 Å². The second-order valence-corrected chi connectivity index (χ2v) is 3.12. The van der Waals surface area contributed by atoms with E-state index >= 15 is 0 Å². The molecule has 0 aromatic rings. The van der Waals surface area contributed by atoms with Crippen molar-refractivity contribution in [2.75, 3.05) is 13.2 Å². The summed E-state index contributed by atoms with van der Waals surface area (Å²) in [6, 6.07) is -2.09. The van der Waals surface area contributed by atoms with Crippen molar-refractivity contribution in [1.82, 2.24) is 5.32 Å². The van der Waals surface area contributed by atoms with E-state index in [4.69, 9.17) is 21.7 Å². The summed E-state index contributed by atoms with van der Waals surface area (Å²) >= 11 is 0. The van der Waals surface area contributed by atoms with Crippen molar-refractivity contribution in [3.8, 4) is 0 Å². The molecular formula is C8H17N3O4. The van der Waals surface area contributed by atoms with Crippen molar-refractivity contribution >= 4 is 11.9 Å². The number of rotatable bonds is 7. The Kier molecular flexibility index (Phi) is 6.59. The summed E-state index contributed by atoms with van der Waals surface area (Å²) in [6.07, 6.45) is 0.978. The minimum absolute atomic E-state index is 0.389. The highest BCUT2D eigenvalue weighted by Crippen LogP contribution is 1.94. The average molecular weight is 219 g/mol. The molecule has 2 atom stereocenters. The first kappa shape index (κ1) is 13.8. The van der Waals surface area contributed by atoms with Crippen molar-refractivity contribution in [2.45, 2.75) is 24.9 Å². The van der Waals surface area contributed by atoms with E-state index in [-0.39, 0.29) is 0 Å². The first-order valence-corrected chi connectivity index (χ1v) is 4.62. The fourth-order valence-corrected chi connectivity index (χ4v) is 0.933. The van der Waals surface area contributed by atoms with Gasteiger partial charge in [-0.1, -0.05) is 0 Å². The molecule has 0 aromatic carbocycles. The normalized spacial score (nSPS) is 14.3. The Morgan fingerprint density at radius 2 is 2.00 bits per heavy atom. The number of hydrogen-bond acceptors (Lipinski definition) is 5. The van der Waals surface area contributed by atoms with Crippen LogP contribution in [0.1, 0.15) is 12.8 Å². The zero-order chi connectivity index (χ0) is 11.8. The lowest BCUT2D eigenvalue weighted by Crippen LogP contribution is -2.50. The predicted molar refractivity (Wildman–Crippen MR) is 52.9 cm³/mol. The third-order valence-electron chi connectivity index (χ3n) is 1.85. The van der Waals surface area contributed by atoms with Gasteiger partial charge in [0.25, 0.3) is 0 Å². The lowest BCUT2D eigenvalue weighted by molar-refractivity contribution is -0.143. The Bertz CT molecular complexity index is 222. The fourth-order valence-electron chi connectivity index (χ4n) is 0.933. The minimum atomic E-state index is -1.30. The number of nitrogens with one attached hydrogen (secondary N) is 1. The molecule has 0 spiro atoms. The van der Waals surface area contributed by atoms with Crippen LogP contribution < -0.4 is 16.8 Å². The van der Waals surface area contributed by atoms with Crippen LogP contribution in [-0.4, -0.2) is 47.3 Å². The number of carbonyl (C=O) groups is 2. The van der Waals surface area contributed by atoms with Gasteiger partial charge >= 0.3 is 5.97 Å². The van der Waals surface area contributed by atoms with Crippen LogP contribution in [0.2, 0.25) is 0 Å². The maximum atomic E-state index is 11.3. The summed E-state index contributed by atoms with van der Waals surface area (Å²) in [4.78, 5) is 21.7. The van der Waals surface area contributed by atoms with Gasteiger partial charge < -0.3 is 27.0 Å². The maximum absolute atomic E-state index is 11.3. The monoisotopic (exact) mass is 219 g/mol. The summed E-state index contributed by atoms with van der Waals surface area (Å²) in [5, 5.41) is 19.3. The Balaban J connectivity index is 4.04. The Morgan fingerprint density at radius 3 is 2.40 bits per heavy atom. The van der Waals surface area contributed by atoms with Crippen LogP contribution in [0, 0.1) is 0 Å². The molecule has 7 heteroatoms. The van der Waals surface area contributed by atoms with Gasteiger partial charge in [-0.3, -0.25) is 4.79 Å². The molecule has 0 aliphatic heterocycles. The molecule has 7 nitrogen and oxygen atoms in total. The third-order valence-corrected chi connectivity index (χ3v) is 1.85. The summed E-state index contributed by atoms with van der Waals surface area (Å²) in [6.45, 7) is -0.242. The zero-order valence-corrected chi connectivity index (χ0v) is 8.35. The molecule has 0 radical (unpaired) electrons. The van der Waals surface area contributed by atoms with Crippen molar-refractivity contribution in [3.63, 3.8) is 0 Å². The molecule has 0 fully saturated rings. The lowest BCUT2D eigenvalue weighted by atomic mass is 10.1. The van der Waals surface area contributed by atoms with E-state index < -0.39 is 30.6 Å². The van der Waals surface area contributed by atoms with Gasteiger partial charge in [0.05, 0.1) is 12.6 Å². The molecule has 7 N–H and O–H groups in total. The van der Waals surface area contributed by atoms with E-state index in [0.717, 1.165) is 0 Å². The smallest absolute Gasteiger partial charge is 0.328 e. The molecular weight excluding hydrogens is 202 g/mol. The van der Waals surface area contributed by atoms with Gasteiger partial charge in [-0.25, -0.2) is 4.79 Å². The van der Waals surface area contributed by atoms with E-state index in [2.05, 4.69) is 5.32 Å². The summed E-state index contributed by atoms with van der Waals surface area (Å²) in [5.41, 5.74) is 10.7. The molecule has 0 bridgehead atoms. The van der Waals surface area contributed by atoms with Crippen molar-refractivity contribution in [3.05, 3.63) is 0 Å². The van der Waals surface area contributed by atoms with E-state index in [9.17, 15) is 9.59 Å². The van der Waals surface area contributed by atoms with Crippen LogP contribution in [0.4, 0.5) is 0 Å². The van der Waals surface area contributed by atoms with E-state index in [1.165, 1.54) is 0 Å². The molecule has 88 valence electrons. The van der Waals surface area contributed by atoms with Gasteiger partial charge in [0.1, 0.15) is 6.04 Å². The maximum Gasteiger partial charge on any atom is 0.328 e. The molecule has 0 aliphatic carbocycles. The van der Waals surface area contributed by atoms with Crippen LogP contribution in [0.25, 0.3) is 0 Å². The Morgan fingerprint density at radius 1 is 1.40 bits per heavy atom. The van der Waals surface area contributed by atoms with Gasteiger partial charge in [0.15, 0.2) is 0 Å². The number of nitrogens with two attached hydrogens (primary N) is 2. The molecule has 0 aromatic heterocycles. The fraction of sp³-hybridized carbons (Fsp3) is 0.750. The summed E-state index contributed by atoms with van der Waals surface area (Å²) < 4.78 is 0. The van der Waals surface area contributed by atoms with Crippen LogP contribution in [0.15, 0.2) is 0 Å². The highest BCUT2D eigenvalue weighted by molar-refractivity contribution is 5.86. The van der Waals surface area contributed by atoms with Crippen molar-refractivity contribution in [2.24, 2.45) is 11.5 Å². The number of aliphatic hydroxyl groups excluding tert-OH is 1. The molecule has 1 amide bonds. The third kappa shape index (κ3) is 5.31. The van der Waals surface area contributed by atoms with Crippen molar-refractivity contribution in [1.29, 1.82) is 0 Å². The number of hydrogen-bond donors (Lipinski definition) is 5. The van der Waals surface area contributed by atoms with E-state index in [0.29, 0.717) is 19.4 Å². The molecule has 0 unspecified atom stereocenters. The Hall–Kier alpha value is -1.18. The largest absolute Gasteiger partial charge is 0.480 e. The number of carboxylic acid groups (broad SMARTS) is 1. The second-order valence-electron chi connectivity index (χ2n) is 3.12. The zero-order valence-electron chi connectivity index (χ0n) is 8.35. The minimum Gasteiger partial charge on any atom is -0.480 e. The molecule has 0 heterocycles. The number of aliphatic carboxylic acids is 1. The first-order chi connectivity index (χ1) is 7.02. The average Bonchev–Trinajstić information content (AvgIpc) is 2.21. The highest BCUT2D eigenvalue weighted by atomic mass is 16.4. The standard InChI is InChI=1S/C8H17N3O4/c9-3-1-2-5(10)7(13)11-6(4-12)8(14)15/h5-6,12H,1-4,9-10H2,(H,11,13)(H,14,15)/t5-,6-/m0/s1. The second kappa shape index (κ2) is 7.16. The summed E-state index contributed by atoms with van der Waals surface area (Å²) in [5.74, 6) is -1.89. The quantitative estimate of drug-likeness (QED) is 0.324. The van der Waals surface area contributed by atoms with Gasteiger partial charge in [-0.2, -0.15) is 0 Å². The van der Waals surface area contributed by atoms with Gasteiger partial charge in [0.2, 0.25) is 5.91 Å². The molecule has 0 saturated heterocycles. The van der Waals surface area contributed by atoms with Crippen LogP contribution in [0.3, 0.4) is 0 Å². The predicted octanol–water partition coefficient (Wildman–Crippen LogP) is -2.39. The van der Waals surface area contributed by atoms with Gasteiger partial charge in [0, 0.05) is 0 Å². The SMILES string of the molecule is NCCC[C@H](N)C(=O)N[C@@H](CO)C(=O)O. The highest BCUT2D eigenvalue weighted by Gasteiger charge is 2.21. The number of aliphatic hydroxyl groups is 1. The van der Waals surface area contributed by atoms with Crippen LogP contribution in [-0.2, 0) is 9.59 Å². The number of carbonyl (C=O) groups excluding carboxylic acids is 1. The summed E-state index contributed by atoms with van der Waals surface area (Å²) in [7, 11) is 0. The first-order valence-electron chi connectivity index (χ1n) is 4.62.